The van der Waals surface area contributed by atoms with E-state index in [4.69, 9.17) is 4.42 Å². The van der Waals surface area contributed by atoms with Crippen LogP contribution >= 0.6 is 0 Å². The van der Waals surface area contributed by atoms with Gasteiger partial charge in [0.15, 0.2) is 0 Å². The van der Waals surface area contributed by atoms with E-state index >= 15 is 0 Å². The number of furan rings is 1. The summed E-state index contributed by atoms with van der Waals surface area (Å²) in [7, 11) is 0. The van der Waals surface area contributed by atoms with Gasteiger partial charge in [-0.3, -0.25) is 4.90 Å². The van der Waals surface area contributed by atoms with Gasteiger partial charge < -0.3 is 9.73 Å². The normalized spacial score (nSPS) is 19.3. The van der Waals surface area contributed by atoms with Gasteiger partial charge in [0.25, 0.3) is 0 Å². The van der Waals surface area contributed by atoms with Gasteiger partial charge in [0, 0.05) is 25.2 Å². The molecule has 19 heavy (non-hydrogen) atoms. The predicted molar refractivity (Wildman–Crippen MR) is 76.8 cm³/mol. The maximum Gasteiger partial charge on any atom is 0.122 e. The molecule has 0 unspecified atom stereocenters. The van der Waals surface area contributed by atoms with Crippen molar-refractivity contribution in [1.82, 2.24) is 10.2 Å². The monoisotopic (exact) mass is 262 g/mol. The summed E-state index contributed by atoms with van der Waals surface area (Å²) in [5.41, 5.74) is 1.38. The van der Waals surface area contributed by atoms with Crippen LogP contribution in [0, 0.1) is 11.8 Å². The molecule has 3 heteroatoms. The zero-order valence-corrected chi connectivity index (χ0v) is 12.0. The maximum absolute atomic E-state index is 5.62. The second-order valence-corrected chi connectivity index (χ2v) is 6.23. The molecule has 1 heterocycles. The summed E-state index contributed by atoms with van der Waals surface area (Å²) < 4.78 is 5.62. The van der Waals surface area contributed by atoms with Crippen molar-refractivity contribution in [2.75, 3.05) is 19.6 Å². The molecule has 2 saturated carbocycles. The van der Waals surface area contributed by atoms with E-state index in [-0.39, 0.29) is 0 Å². The number of rotatable bonds is 9. The molecule has 0 radical (unpaired) electrons. The van der Waals surface area contributed by atoms with Crippen LogP contribution in [0.3, 0.4) is 0 Å². The average molecular weight is 262 g/mol. The first-order valence-electron chi connectivity index (χ1n) is 7.83. The molecule has 0 aromatic carbocycles. The topological polar surface area (TPSA) is 28.4 Å². The van der Waals surface area contributed by atoms with E-state index in [2.05, 4.69) is 23.2 Å². The third kappa shape index (κ3) is 4.08. The van der Waals surface area contributed by atoms with Crippen molar-refractivity contribution >= 4 is 0 Å². The molecule has 0 aliphatic heterocycles. The molecule has 2 aliphatic rings. The number of nitrogens with one attached hydrogen (secondary N) is 1. The predicted octanol–water partition coefficient (Wildman–Crippen LogP) is 3.01. The Morgan fingerprint density at radius 1 is 1.21 bits per heavy atom. The van der Waals surface area contributed by atoms with E-state index in [1.807, 2.05) is 6.26 Å². The minimum atomic E-state index is 0.861. The van der Waals surface area contributed by atoms with E-state index in [1.54, 1.807) is 0 Å². The molecule has 1 aromatic rings. The van der Waals surface area contributed by atoms with Gasteiger partial charge in [-0.25, -0.2) is 0 Å². The van der Waals surface area contributed by atoms with Crippen molar-refractivity contribution in [3.05, 3.63) is 23.7 Å². The standard InChI is InChI=1S/C16H26N2O/c1-2-17-9-16-15(7-8-19-16)12-18(10-13-3-4-13)11-14-5-6-14/h7-8,13-14,17H,2-6,9-12H2,1H3. The van der Waals surface area contributed by atoms with E-state index < -0.39 is 0 Å². The van der Waals surface area contributed by atoms with E-state index in [0.29, 0.717) is 0 Å². The van der Waals surface area contributed by atoms with Crippen molar-refractivity contribution in [1.29, 1.82) is 0 Å². The van der Waals surface area contributed by atoms with Crippen LogP contribution in [-0.4, -0.2) is 24.5 Å². The molecule has 1 N–H and O–H groups in total. The molecule has 3 rings (SSSR count). The Morgan fingerprint density at radius 2 is 1.89 bits per heavy atom. The summed E-state index contributed by atoms with van der Waals surface area (Å²) in [5.74, 6) is 3.07. The highest BCUT2D eigenvalue weighted by Crippen LogP contribution is 2.34. The van der Waals surface area contributed by atoms with Crippen molar-refractivity contribution < 1.29 is 4.42 Å². The van der Waals surface area contributed by atoms with Crippen LogP contribution in [-0.2, 0) is 13.1 Å². The lowest BCUT2D eigenvalue weighted by Gasteiger charge is -2.22. The van der Waals surface area contributed by atoms with Gasteiger partial charge in [0.2, 0.25) is 0 Å². The molecule has 0 saturated heterocycles. The maximum atomic E-state index is 5.62. The fourth-order valence-electron chi connectivity index (χ4n) is 2.68. The van der Waals surface area contributed by atoms with Crippen LogP contribution < -0.4 is 5.32 Å². The van der Waals surface area contributed by atoms with Crippen molar-refractivity contribution in [3.63, 3.8) is 0 Å². The lowest BCUT2D eigenvalue weighted by molar-refractivity contribution is 0.242. The lowest BCUT2D eigenvalue weighted by atomic mass is 10.2. The van der Waals surface area contributed by atoms with Crippen LogP contribution in [0.5, 0.6) is 0 Å². The number of hydrogen-bond donors (Lipinski definition) is 1. The molecule has 2 aliphatic carbocycles. The summed E-state index contributed by atoms with van der Waals surface area (Å²) in [6, 6.07) is 2.15. The van der Waals surface area contributed by atoms with Crippen LogP contribution in [0.25, 0.3) is 0 Å². The highest BCUT2D eigenvalue weighted by Gasteiger charge is 2.29. The fourth-order valence-corrected chi connectivity index (χ4v) is 2.68. The SMILES string of the molecule is CCNCc1occc1CN(CC1CC1)CC1CC1. The quantitative estimate of drug-likeness (QED) is 0.741. The van der Waals surface area contributed by atoms with E-state index in [9.17, 15) is 0 Å². The Hall–Kier alpha value is -0.800. The first-order valence-corrected chi connectivity index (χ1v) is 7.83. The Morgan fingerprint density at radius 3 is 2.47 bits per heavy atom. The highest BCUT2D eigenvalue weighted by atomic mass is 16.3. The van der Waals surface area contributed by atoms with Crippen LogP contribution in [0.15, 0.2) is 16.7 Å². The minimum Gasteiger partial charge on any atom is -0.468 e. The molecule has 2 fully saturated rings. The Kier molecular flexibility index (Phi) is 4.24. The molecule has 0 spiro atoms. The Labute approximate surface area is 116 Å². The van der Waals surface area contributed by atoms with E-state index in [1.165, 1.54) is 44.3 Å². The van der Waals surface area contributed by atoms with Crippen molar-refractivity contribution in [3.8, 4) is 0 Å². The minimum absolute atomic E-state index is 0.861. The number of nitrogens with zero attached hydrogens (tertiary/aromatic N) is 1. The molecule has 106 valence electrons. The highest BCUT2D eigenvalue weighted by molar-refractivity contribution is 5.17. The first kappa shape index (κ1) is 13.2. The van der Waals surface area contributed by atoms with Gasteiger partial charge in [-0.15, -0.1) is 0 Å². The summed E-state index contributed by atoms with van der Waals surface area (Å²) in [4.78, 5) is 2.66. The molecule has 0 amide bonds. The first-order chi connectivity index (χ1) is 9.35. The average Bonchev–Trinajstić information content (AvgIpc) is 3.31. The van der Waals surface area contributed by atoms with Crippen LogP contribution in [0.4, 0.5) is 0 Å². The smallest absolute Gasteiger partial charge is 0.122 e. The summed E-state index contributed by atoms with van der Waals surface area (Å²) in [6.07, 6.45) is 7.61. The molecule has 0 bridgehead atoms. The van der Waals surface area contributed by atoms with Gasteiger partial charge in [-0.05, 0) is 50.1 Å². The molecule has 3 nitrogen and oxygen atoms in total. The van der Waals surface area contributed by atoms with Gasteiger partial charge >= 0.3 is 0 Å². The van der Waals surface area contributed by atoms with E-state index in [0.717, 1.165) is 37.2 Å². The fraction of sp³-hybridized carbons (Fsp3) is 0.750. The second-order valence-electron chi connectivity index (χ2n) is 6.23. The van der Waals surface area contributed by atoms with Gasteiger partial charge in [-0.2, -0.15) is 0 Å². The van der Waals surface area contributed by atoms with Gasteiger partial charge in [0.05, 0.1) is 12.8 Å². The summed E-state index contributed by atoms with van der Waals surface area (Å²) in [6.45, 7) is 7.65. The number of hydrogen-bond acceptors (Lipinski definition) is 3. The molecular weight excluding hydrogens is 236 g/mol. The van der Waals surface area contributed by atoms with Crippen LogP contribution in [0.1, 0.15) is 43.9 Å². The molecule has 1 aromatic heterocycles. The van der Waals surface area contributed by atoms with Crippen molar-refractivity contribution in [2.45, 2.75) is 45.7 Å². The van der Waals surface area contributed by atoms with Crippen molar-refractivity contribution in [2.24, 2.45) is 11.8 Å². The molecule has 0 atom stereocenters. The largest absolute Gasteiger partial charge is 0.468 e. The summed E-state index contributed by atoms with van der Waals surface area (Å²) >= 11 is 0. The Balaban J connectivity index is 1.57. The Bertz CT molecular complexity index is 379. The lowest BCUT2D eigenvalue weighted by Crippen LogP contribution is -2.28. The van der Waals surface area contributed by atoms with Crippen LogP contribution in [0.2, 0.25) is 0 Å². The molecular formula is C16H26N2O. The zero-order chi connectivity index (χ0) is 13.1. The van der Waals surface area contributed by atoms with Gasteiger partial charge in [0.1, 0.15) is 5.76 Å². The third-order valence-corrected chi connectivity index (χ3v) is 4.19. The zero-order valence-electron chi connectivity index (χ0n) is 12.0. The third-order valence-electron chi connectivity index (χ3n) is 4.19. The van der Waals surface area contributed by atoms with Gasteiger partial charge in [-0.1, -0.05) is 6.92 Å². The summed E-state index contributed by atoms with van der Waals surface area (Å²) in [5, 5.41) is 3.36. The second kappa shape index (κ2) is 6.10.